The van der Waals surface area contributed by atoms with Crippen LogP contribution in [0.5, 0.6) is 5.75 Å². The lowest BCUT2D eigenvalue weighted by atomic mass is 9.78. The summed E-state index contributed by atoms with van der Waals surface area (Å²) in [7, 11) is 0. The molecule has 214 valence electrons. The SMILES string of the molecule is CCCC(O)c1ccc(C2CCC(COc3ccc(-c4ccc(C5CO5)c(F)c4F)c(F)c3F)CC2)c(F)c1F. The molecule has 1 N–H and O–H groups in total. The van der Waals surface area contributed by atoms with E-state index in [4.69, 9.17) is 9.47 Å². The normalized spacial score (nSPS) is 21.4. The molecule has 3 nitrogen and oxygen atoms in total. The quantitative estimate of drug-likeness (QED) is 0.210. The summed E-state index contributed by atoms with van der Waals surface area (Å²) >= 11 is 0. The maximum atomic E-state index is 14.9. The van der Waals surface area contributed by atoms with Crippen LogP contribution in [0.4, 0.5) is 26.3 Å². The average Bonchev–Trinajstić information content (AvgIpc) is 3.79. The lowest BCUT2D eigenvalue weighted by Crippen LogP contribution is -2.20. The van der Waals surface area contributed by atoms with Crippen LogP contribution in [0.2, 0.25) is 0 Å². The zero-order valence-corrected chi connectivity index (χ0v) is 22.0. The summed E-state index contributed by atoms with van der Waals surface area (Å²) in [5.41, 5.74) is -0.558. The Morgan fingerprint density at radius 2 is 1.38 bits per heavy atom. The maximum Gasteiger partial charge on any atom is 0.201 e. The molecule has 5 rings (SSSR count). The van der Waals surface area contributed by atoms with E-state index in [0.29, 0.717) is 38.5 Å². The van der Waals surface area contributed by atoms with Crippen LogP contribution in [0.3, 0.4) is 0 Å². The molecule has 2 atom stereocenters. The molecule has 1 saturated carbocycles. The average molecular weight is 565 g/mol. The zero-order valence-electron chi connectivity index (χ0n) is 22.0. The molecule has 1 saturated heterocycles. The largest absolute Gasteiger partial charge is 0.490 e. The fourth-order valence-corrected chi connectivity index (χ4v) is 5.53. The number of benzene rings is 3. The number of aliphatic hydroxyl groups is 1. The van der Waals surface area contributed by atoms with Crippen molar-refractivity contribution in [3.8, 4) is 16.9 Å². The van der Waals surface area contributed by atoms with E-state index in [0.717, 1.165) is 6.07 Å². The van der Waals surface area contributed by atoms with Gasteiger partial charge in [-0.15, -0.1) is 0 Å². The fraction of sp³-hybridized carbons (Fsp3) is 0.419. The number of hydrogen-bond donors (Lipinski definition) is 1. The molecule has 0 radical (unpaired) electrons. The molecule has 2 aliphatic rings. The second-order valence-corrected chi connectivity index (χ2v) is 10.6. The number of epoxide rings is 1. The van der Waals surface area contributed by atoms with Crippen LogP contribution in [0, 0.1) is 40.8 Å². The summed E-state index contributed by atoms with van der Waals surface area (Å²) in [4.78, 5) is 0. The lowest BCUT2D eigenvalue weighted by Gasteiger charge is -2.29. The van der Waals surface area contributed by atoms with Crippen LogP contribution in [0.25, 0.3) is 11.1 Å². The van der Waals surface area contributed by atoms with Gasteiger partial charge < -0.3 is 14.6 Å². The van der Waals surface area contributed by atoms with Crippen molar-refractivity contribution in [2.24, 2.45) is 5.92 Å². The van der Waals surface area contributed by atoms with E-state index in [9.17, 15) is 31.4 Å². The monoisotopic (exact) mass is 564 g/mol. The van der Waals surface area contributed by atoms with Gasteiger partial charge in [-0.25, -0.2) is 22.0 Å². The predicted octanol–water partition coefficient (Wildman–Crippen LogP) is 8.45. The van der Waals surface area contributed by atoms with Gasteiger partial charge in [0.15, 0.2) is 34.8 Å². The Labute approximate surface area is 228 Å². The molecule has 1 heterocycles. The summed E-state index contributed by atoms with van der Waals surface area (Å²) in [6.45, 7) is 2.21. The van der Waals surface area contributed by atoms with Gasteiger partial charge in [-0.2, -0.15) is 4.39 Å². The van der Waals surface area contributed by atoms with Crippen LogP contribution in [-0.4, -0.2) is 18.3 Å². The van der Waals surface area contributed by atoms with E-state index in [1.54, 1.807) is 0 Å². The van der Waals surface area contributed by atoms with Crippen molar-refractivity contribution in [1.29, 1.82) is 0 Å². The third kappa shape index (κ3) is 5.59. The first-order valence-electron chi connectivity index (χ1n) is 13.6. The highest BCUT2D eigenvalue weighted by Gasteiger charge is 2.31. The van der Waals surface area contributed by atoms with Crippen LogP contribution >= 0.6 is 0 Å². The Kier molecular flexibility index (Phi) is 8.42. The van der Waals surface area contributed by atoms with Gasteiger partial charge in [0.05, 0.1) is 19.3 Å². The van der Waals surface area contributed by atoms with Crippen molar-refractivity contribution >= 4 is 0 Å². The summed E-state index contributed by atoms with van der Waals surface area (Å²) < 4.78 is 98.7. The van der Waals surface area contributed by atoms with Gasteiger partial charge in [0, 0.05) is 22.3 Å². The molecule has 40 heavy (non-hydrogen) atoms. The molecule has 9 heteroatoms. The van der Waals surface area contributed by atoms with E-state index in [-0.39, 0.29) is 47.5 Å². The third-order valence-electron chi connectivity index (χ3n) is 7.95. The number of ether oxygens (including phenoxy) is 2. The molecule has 1 aliphatic heterocycles. The standard InChI is InChI=1S/C31H30F6O3/c1-2-3-23(38)21-10-8-18(26(32)29(21)35)17-6-4-16(5-7-17)14-39-24-13-12-20(28(34)31(24)37)19-9-11-22(25-15-40-25)30(36)27(19)33/h8-13,16-17,23,25,38H,2-7,14-15H2,1H3. The molecular formula is C31H30F6O3. The van der Waals surface area contributed by atoms with E-state index in [1.807, 2.05) is 6.92 Å². The maximum absolute atomic E-state index is 14.9. The minimum Gasteiger partial charge on any atom is -0.490 e. The van der Waals surface area contributed by atoms with Gasteiger partial charge in [0.25, 0.3) is 0 Å². The first-order valence-corrected chi connectivity index (χ1v) is 13.6. The smallest absolute Gasteiger partial charge is 0.201 e. The first kappa shape index (κ1) is 28.5. The van der Waals surface area contributed by atoms with Crippen LogP contribution < -0.4 is 4.74 Å². The van der Waals surface area contributed by atoms with Gasteiger partial charge >= 0.3 is 0 Å². The summed E-state index contributed by atoms with van der Waals surface area (Å²) in [5.74, 6) is -7.59. The van der Waals surface area contributed by atoms with Gasteiger partial charge in [-0.05, 0) is 61.6 Å². The van der Waals surface area contributed by atoms with Crippen LogP contribution in [-0.2, 0) is 4.74 Å². The van der Waals surface area contributed by atoms with E-state index >= 15 is 0 Å². The number of rotatable bonds is 9. The number of hydrogen-bond acceptors (Lipinski definition) is 3. The first-order chi connectivity index (χ1) is 19.2. The molecule has 2 unspecified atom stereocenters. The lowest BCUT2D eigenvalue weighted by molar-refractivity contribution is 0.160. The minimum atomic E-state index is -1.35. The Morgan fingerprint density at radius 3 is 2.02 bits per heavy atom. The highest BCUT2D eigenvalue weighted by Crippen LogP contribution is 2.40. The topological polar surface area (TPSA) is 42.0 Å². The van der Waals surface area contributed by atoms with E-state index in [1.165, 1.54) is 30.3 Å². The number of aliphatic hydroxyl groups excluding tert-OH is 1. The molecular weight excluding hydrogens is 534 g/mol. The highest BCUT2D eigenvalue weighted by atomic mass is 19.2. The van der Waals surface area contributed by atoms with Crippen molar-refractivity contribution in [2.75, 3.05) is 13.2 Å². The fourth-order valence-electron chi connectivity index (χ4n) is 5.53. The van der Waals surface area contributed by atoms with Crippen molar-refractivity contribution in [1.82, 2.24) is 0 Å². The van der Waals surface area contributed by atoms with E-state index in [2.05, 4.69) is 0 Å². The Balaban J connectivity index is 1.21. The summed E-state index contributed by atoms with van der Waals surface area (Å²) in [6.07, 6.45) is 1.73. The molecule has 0 bridgehead atoms. The predicted molar refractivity (Wildman–Crippen MR) is 137 cm³/mol. The Morgan fingerprint density at radius 1 is 0.775 bits per heavy atom. The highest BCUT2D eigenvalue weighted by molar-refractivity contribution is 5.66. The number of halogens is 6. The van der Waals surface area contributed by atoms with Crippen molar-refractivity contribution in [2.45, 2.75) is 63.6 Å². The molecule has 3 aromatic rings. The van der Waals surface area contributed by atoms with Crippen LogP contribution in [0.1, 0.15) is 80.3 Å². The zero-order chi connectivity index (χ0) is 28.6. The minimum absolute atomic E-state index is 0.0133. The second kappa shape index (κ2) is 11.8. The molecule has 0 spiro atoms. The van der Waals surface area contributed by atoms with Crippen LogP contribution in [0.15, 0.2) is 36.4 Å². The second-order valence-electron chi connectivity index (χ2n) is 10.6. The van der Waals surface area contributed by atoms with Crippen molar-refractivity contribution in [3.05, 3.63) is 88.0 Å². The molecule has 0 amide bonds. The summed E-state index contributed by atoms with van der Waals surface area (Å²) in [5, 5.41) is 10.1. The van der Waals surface area contributed by atoms with Crippen molar-refractivity contribution < 1.29 is 40.9 Å². The third-order valence-corrected chi connectivity index (χ3v) is 7.95. The summed E-state index contributed by atoms with van der Waals surface area (Å²) in [6, 6.07) is 7.81. The van der Waals surface area contributed by atoms with Gasteiger partial charge in [-0.3, -0.25) is 0 Å². The molecule has 1 aliphatic carbocycles. The molecule has 2 fully saturated rings. The Bertz CT molecular complexity index is 1380. The molecule has 3 aromatic carbocycles. The van der Waals surface area contributed by atoms with Crippen molar-refractivity contribution in [3.63, 3.8) is 0 Å². The molecule has 0 aromatic heterocycles. The Hall–Kier alpha value is -3.04. The van der Waals surface area contributed by atoms with Gasteiger partial charge in [0.2, 0.25) is 5.82 Å². The van der Waals surface area contributed by atoms with E-state index < -0.39 is 58.2 Å². The van der Waals surface area contributed by atoms with Gasteiger partial charge in [0.1, 0.15) is 6.10 Å². The van der Waals surface area contributed by atoms with Gasteiger partial charge in [-0.1, -0.05) is 37.6 Å².